The van der Waals surface area contributed by atoms with E-state index in [0.717, 1.165) is 25.0 Å². The zero-order chi connectivity index (χ0) is 17.4. The first-order valence-corrected chi connectivity index (χ1v) is 10.3. The highest BCUT2D eigenvalue weighted by molar-refractivity contribution is 7.91. The number of benzene rings is 1. The van der Waals surface area contributed by atoms with Crippen LogP contribution in [0.4, 0.5) is 0 Å². The second-order valence-electron chi connectivity index (χ2n) is 6.78. The Kier molecular flexibility index (Phi) is 4.11. The third kappa shape index (κ3) is 3.33. The van der Waals surface area contributed by atoms with E-state index in [9.17, 15) is 13.2 Å². The molecule has 2 aliphatic rings. The van der Waals surface area contributed by atoms with Gasteiger partial charge in [0, 0.05) is 24.6 Å². The largest absolute Gasteiger partial charge is 0.360 e. The molecular weight excluding hydrogens is 340 g/mol. The van der Waals surface area contributed by atoms with Crippen molar-refractivity contribution >= 4 is 15.7 Å². The lowest BCUT2D eigenvalue weighted by Crippen LogP contribution is -2.39. The third-order valence-electron chi connectivity index (χ3n) is 4.88. The van der Waals surface area contributed by atoms with Crippen LogP contribution in [0.25, 0.3) is 0 Å². The quantitative estimate of drug-likeness (QED) is 0.819. The summed E-state index contributed by atoms with van der Waals surface area (Å²) in [5, 5.41) is 3.90. The fraction of sp³-hybridized carbons (Fsp3) is 0.444. The van der Waals surface area contributed by atoms with Gasteiger partial charge in [0.15, 0.2) is 15.5 Å². The average Bonchev–Trinajstić information content (AvgIpc) is 3.17. The van der Waals surface area contributed by atoms with Gasteiger partial charge in [-0.05, 0) is 37.8 Å². The normalized spacial score (nSPS) is 20.8. The molecule has 2 aromatic rings. The Morgan fingerprint density at radius 2 is 1.96 bits per heavy atom. The third-order valence-corrected chi connectivity index (χ3v) is 6.69. The molecule has 1 unspecified atom stereocenters. The van der Waals surface area contributed by atoms with E-state index in [-0.39, 0.29) is 23.4 Å². The van der Waals surface area contributed by atoms with E-state index in [0.29, 0.717) is 23.8 Å². The summed E-state index contributed by atoms with van der Waals surface area (Å²) in [6.07, 6.45) is 3.63. The number of nitrogens with zero attached hydrogens (tertiary/aromatic N) is 2. The Balaban J connectivity index is 1.50. The molecule has 4 rings (SSSR count). The maximum atomic E-state index is 12.7. The second kappa shape index (κ2) is 6.29. The summed E-state index contributed by atoms with van der Waals surface area (Å²) in [6, 6.07) is 9.77. The minimum Gasteiger partial charge on any atom is -0.360 e. The molecule has 1 saturated heterocycles. The first-order valence-electron chi connectivity index (χ1n) is 8.60. The van der Waals surface area contributed by atoms with Crippen molar-refractivity contribution in [1.82, 2.24) is 10.1 Å². The summed E-state index contributed by atoms with van der Waals surface area (Å²) in [5.41, 5.74) is 0.283. The topological polar surface area (TPSA) is 80.5 Å². The fourth-order valence-electron chi connectivity index (χ4n) is 3.35. The summed E-state index contributed by atoms with van der Waals surface area (Å²) in [7, 11) is -3.43. The first kappa shape index (κ1) is 16.3. The van der Waals surface area contributed by atoms with E-state index in [2.05, 4.69) is 5.16 Å². The van der Waals surface area contributed by atoms with Crippen LogP contribution < -0.4 is 0 Å². The monoisotopic (exact) mass is 360 g/mol. The molecule has 1 aromatic heterocycles. The minimum atomic E-state index is -3.43. The van der Waals surface area contributed by atoms with Gasteiger partial charge in [-0.25, -0.2) is 8.42 Å². The second-order valence-corrected chi connectivity index (χ2v) is 8.81. The first-order chi connectivity index (χ1) is 12.0. The van der Waals surface area contributed by atoms with Crippen LogP contribution in [0.2, 0.25) is 0 Å². The SMILES string of the molecule is O=C(c1cc(C2CC2)on1)N1CCCC1CS(=O)(=O)c1ccccc1. The highest BCUT2D eigenvalue weighted by atomic mass is 32.2. The molecular formula is C18H20N2O4S. The van der Waals surface area contributed by atoms with Crippen molar-refractivity contribution in [3.05, 3.63) is 47.9 Å². The van der Waals surface area contributed by atoms with Crippen molar-refractivity contribution in [2.75, 3.05) is 12.3 Å². The van der Waals surface area contributed by atoms with Gasteiger partial charge in [0.25, 0.3) is 5.91 Å². The minimum absolute atomic E-state index is 0.0594. The lowest BCUT2D eigenvalue weighted by Gasteiger charge is -2.23. The Labute approximate surface area is 146 Å². The van der Waals surface area contributed by atoms with Crippen LogP contribution in [0.1, 0.15) is 47.8 Å². The van der Waals surface area contributed by atoms with Crippen LogP contribution in [-0.2, 0) is 9.84 Å². The van der Waals surface area contributed by atoms with Gasteiger partial charge in [0.2, 0.25) is 0 Å². The Hall–Kier alpha value is -2.15. The summed E-state index contributed by atoms with van der Waals surface area (Å²) in [6.45, 7) is 0.555. The Morgan fingerprint density at radius 1 is 1.20 bits per heavy atom. The number of likely N-dealkylation sites (tertiary alicyclic amines) is 1. The molecule has 1 amide bonds. The van der Waals surface area contributed by atoms with Crippen molar-refractivity contribution < 1.29 is 17.7 Å². The van der Waals surface area contributed by atoms with Crippen molar-refractivity contribution in [2.24, 2.45) is 0 Å². The van der Waals surface area contributed by atoms with Gasteiger partial charge in [-0.15, -0.1) is 0 Å². The van der Waals surface area contributed by atoms with Crippen LogP contribution in [0.5, 0.6) is 0 Å². The fourth-order valence-corrected chi connectivity index (χ4v) is 4.97. The van der Waals surface area contributed by atoms with Crippen LogP contribution >= 0.6 is 0 Å². The van der Waals surface area contributed by atoms with Crippen LogP contribution in [-0.4, -0.2) is 42.7 Å². The molecule has 2 fully saturated rings. The van der Waals surface area contributed by atoms with E-state index in [1.54, 1.807) is 41.3 Å². The molecule has 1 atom stereocenters. The van der Waals surface area contributed by atoms with E-state index in [1.165, 1.54) is 0 Å². The van der Waals surface area contributed by atoms with E-state index < -0.39 is 9.84 Å². The number of rotatable bonds is 5. The molecule has 0 N–H and O–H groups in total. The summed E-state index contributed by atoms with van der Waals surface area (Å²) < 4.78 is 30.5. The molecule has 6 nitrogen and oxygen atoms in total. The molecule has 132 valence electrons. The maximum absolute atomic E-state index is 12.7. The molecule has 0 radical (unpaired) electrons. The Bertz CT molecular complexity index is 871. The smallest absolute Gasteiger partial charge is 0.276 e. The van der Waals surface area contributed by atoms with Gasteiger partial charge < -0.3 is 9.42 Å². The van der Waals surface area contributed by atoms with Gasteiger partial charge in [0.05, 0.1) is 10.6 Å². The summed E-state index contributed by atoms with van der Waals surface area (Å²) >= 11 is 0. The van der Waals surface area contributed by atoms with Gasteiger partial charge >= 0.3 is 0 Å². The molecule has 1 aliphatic carbocycles. The van der Waals surface area contributed by atoms with Gasteiger partial charge in [-0.2, -0.15) is 0 Å². The van der Waals surface area contributed by atoms with Crippen LogP contribution in [0.3, 0.4) is 0 Å². The van der Waals surface area contributed by atoms with Crippen LogP contribution in [0, 0.1) is 0 Å². The van der Waals surface area contributed by atoms with Gasteiger partial charge in [-0.3, -0.25) is 4.79 Å². The zero-order valence-corrected chi connectivity index (χ0v) is 14.6. The molecule has 2 heterocycles. The molecule has 1 aliphatic heterocycles. The predicted octanol–water partition coefficient (Wildman–Crippen LogP) is 2.63. The van der Waals surface area contributed by atoms with Crippen molar-refractivity contribution in [3.63, 3.8) is 0 Å². The van der Waals surface area contributed by atoms with Gasteiger partial charge in [0.1, 0.15) is 5.76 Å². The van der Waals surface area contributed by atoms with Crippen molar-refractivity contribution in [1.29, 1.82) is 0 Å². The number of carbonyl (C=O) groups excluding carboxylic acids is 1. The maximum Gasteiger partial charge on any atom is 0.276 e. The number of sulfone groups is 1. The lowest BCUT2D eigenvalue weighted by molar-refractivity contribution is 0.0738. The molecule has 1 aromatic carbocycles. The molecule has 1 saturated carbocycles. The van der Waals surface area contributed by atoms with Crippen LogP contribution in [0.15, 0.2) is 45.8 Å². The van der Waals surface area contributed by atoms with E-state index in [4.69, 9.17) is 4.52 Å². The standard InChI is InChI=1S/C18H20N2O4S/c21-18(16-11-17(24-19-16)13-8-9-13)20-10-4-5-14(20)12-25(22,23)15-6-2-1-3-7-15/h1-3,6-7,11,13-14H,4-5,8-10,12H2. The molecule has 25 heavy (non-hydrogen) atoms. The molecule has 7 heteroatoms. The number of hydrogen-bond acceptors (Lipinski definition) is 5. The van der Waals surface area contributed by atoms with E-state index in [1.807, 2.05) is 0 Å². The summed E-state index contributed by atoms with van der Waals surface area (Å²) in [4.78, 5) is 14.7. The lowest BCUT2D eigenvalue weighted by atomic mass is 10.2. The van der Waals surface area contributed by atoms with Crippen molar-refractivity contribution in [2.45, 2.75) is 42.5 Å². The number of aromatic nitrogens is 1. The van der Waals surface area contributed by atoms with Crippen molar-refractivity contribution in [3.8, 4) is 0 Å². The molecule has 0 spiro atoms. The Morgan fingerprint density at radius 3 is 2.68 bits per heavy atom. The number of carbonyl (C=O) groups is 1. The summed E-state index contributed by atoms with van der Waals surface area (Å²) in [5.74, 6) is 0.857. The zero-order valence-electron chi connectivity index (χ0n) is 13.8. The number of hydrogen-bond donors (Lipinski definition) is 0. The predicted molar refractivity (Wildman–Crippen MR) is 91.0 cm³/mol. The number of amides is 1. The highest BCUT2D eigenvalue weighted by Crippen LogP contribution is 2.40. The van der Waals surface area contributed by atoms with E-state index >= 15 is 0 Å². The average molecular weight is 360 g/mol. The van der Waals surface area contributed by atoms with Gasteiger partial charge in [-0.1, -0.05) is 23.4 Å². The molecule has 0 bridgehead atoms. The highest BCUT2D eigenvalue weighted by Gasteiger charge is 2.36.